The fourth-order valence-corrected chi connectivity index (χ4v) is 3.48. The lowest BCUT2D eigenvalue weighted by Crippen LogP contribution is -2.39. The van der Waals surface area contributed by atoms with Crippen molar-refractivity contribution in [3.63, 3.8) is 0 Å². The number of nitrogens with one attached hydrogen (secondary N) is 3. The predicted molar refractivity (Wildman–Crippen MR) is 179 cm³/mol. The molecule has 5 N–H and O–H groups in total. The number of rotatable bonds is 14. The maximum absolute atomic E-state index is 11.6. The molecule has 246 valence electrons. The van der Waals surface area contributed by atoms with Gasteiger partial charge < -0.3 is 30.9 Å². The van der Waals surface area contributed by atoms with Gasteiger partial charge in [-0.2, -0.15) is 0 Å². The van der Waals surface area contributed by atoms with Crippen LogP contribution in [0.25, 0.3) is 6.08 Å². The van der Waals surface area contributed by atoms with Gasteiger partial charge in [0.1, 0.15) is 23.9 Å². The van der Waals surface area contributed by atoms with Crippen LogP contribution in [0.4, 0.5) is 0 Å². The first kappa shape index (κ1) is 40.3. The van der Waals surface area contributed by atoms with Gasteiger partial charge in [0.25, 0.3) is 0 Å². The number of phenols is 1. The summed E-state index contributed by atoms with van der Waals surface area (Å²) in [5.41, 5.74) is 2.13. The monoisotopic (exact) mass is 613 g/mol. The topological polar surface area (TPSA) is 137 Å². The van der Waals surface area contributed by atoms with E-state index in [1.54, 1.807) is 26.0 Å². The minimum atomic E-state index is -0.273. The maximum Gasteiger partial charge on any atom is 0.225 e. The Kier molecular flexibility index (Phi) is 22.6. The predicted octanol–water partition coefficient (Wildman–Crippen LogP) is 4.90. The van der Waals surface area contributed by atoms with Crippen LogP contribution in [0, 0.1) is 24.7 Å². The molecule has 0 aromatic heterocycles. The summed E-state index contributed by atoms with van der Waals surface area (Å²) in [4.78, 5) is 32.5. The number of benzene rings is 2. The molecule has 44 heavy (non-hydrogen) atoms. The number of carbonyl (C=O) groups is 3. The number of phenolic OH excluding ortho intramolecular Hbond substituents is 1. The summed E-state index contributed by atoms with van der Waals surface area (Å²) in [6.45, 7) is 15.9. The number of aliphatic hydroxyl groups is 1. The third kappa shape index (κ3) is 21.1. The number of ketones is 1. The fourth-order valence-electron chi connectivity index (χ4n) is 3.48. The first-order valence-corrected chi connectivity index (χ1v) is 15.4. The molecule has 2 unspecified atom stereocenters. The Bertz CT molecular complexity index is 1060. The summed E-state index contributed by atoms with van der Waals surface area (Å²) in [5, 5.41) is 25.7. The van der Waals surface area contributed by atoms with Gasteiger partial charge in [0.2, 0.25) is 12.3 Å². The van der Waals surface area contributed by atoms with E-state index < -0.39 is 0 Å². The van der Waals surface area contributed by atoms with E-state index in [1.807, 2.05) is 62.4 Å². The Balaban J connectivity index is 0.000000718. The fraction of sp³-hybridized carbons (Fsp3) is 0.514. The summed E-state index contributed by atoms with van der Waals surface area (Å²) in [6, 6.07) is 14.8. The maximum atomic E-state index is 11.6. The van der Waals surface area contributed by atoms with E-state index in [2.05, 4.69) is 36.7 Å². The van der Waals surface area contributed by atoms with Crippen molar-refractivity contribution in [3.8, 4) is 11.5 Å². The number of hydrogen-bond donors (Lipinski definition) is 5. The highest BCUT2D eigenvalue weighted by atomic mass is 16.5. The Morgan fingerprint density at radius 2 is 1.66 bits per heavy atom. The number of hydrogen-bond acceptors (Lipinski definition) is 7. The zero-order valence-electron chi connectivity index (χ0n) is 27.6. The first-order valence-electron chi connectivity index (χ1n) is 15.4. The molecule has 0 saturated heterocycles. The third-order valence-corrected chi connectivity index (χ3v) is 5.90. The standard InChI is InChI=1S/C18H24N2O3.C7H8O.C6H13NO2.C4H10/c1-14(22)18(16-8-9-16)20-11-12-23-17-7-3-2-5-15(17)6-4-10-19-13-21;1-6-2-4-7(8)5-3-6;1-3-7-6(9)5(2)4-8;1-4(2)3/h2-7,13,16,18,20H,8-12H2,1H3,(H,19,21);2-5,8H,1H3;5,8H,3-4H2,1-2H3,(H,7,9);4H,1-3H3/b6-4+;;;. The second-order valence-electron chi connectivity index (χ2n) is 11.2. The van der Waals surface area contributed by atoms with Gasteiger partial charge in [-0.05, 0) is 63.6 Å². The van der Waals surface area contributed by atoms with Crippen molar-refractivity contribution in [1.29, 1.82) is 0 Å². The Morgan fingerprint density at radius 3 is 2.16 bits per heavy atom. The van der Waals surface area contributed by atoms with Crippen LogP contribution in [-0.4, -0.2) is 67.2 Å². The SMILES string of the molecule is CC(=O)C(NCCOc1ccccc1/C=C/CNC=O)C1CC1.CC(C)C.CCNC(=O)C(C)CO.Cc1ccc(O)cc1. The third-order valence-electron chi connectivity index (χ3n) is 5.90. The van der Waals surface area contributed by atoms with E-state index in [0.29, 0.717) is 44.3 Å². The first-order chi connectivity index (χ1) is 21.0. The molecule has 2 amide bonds. The summed E-state index contributed by atoms with van der Waals surface area (Å²) >= 11 is 0. The molecule has 1 fully saturated rings. The Labute approximate surface area is 264 Å². The molecular weight excluding hydrogens is 558 g/mol. The van der Waals surface area contributed by atoms with Crippen LogP contribution >= 0.6 is 0 Å². The molecule has 1 aliphatic rings. The molecule has 0 heterocycles. The number of ether oxygens (including phenoxy) is 1. The number of aromatic hydroxyl groups is 1. The molecule has 0 radical (unpaired) electrons. The molecule has 2 atom stereocenters. The lowest BCUT2D eigenvalue weighted by molar-refractivity contribution is -0.125. The van der Waals surface area contributed by atoms with Gasteiger partial charge in [0.15, 0.2) is 0 Å². The van der Waals surface area contributed by atoms with Crippen LogP contribution < -0.4 is 20.7 Å². The highest BCUT2D eigenvalue weighted by Crippen LogP contribution is 2.32. The number of aryl methyl sites for hydroxylation is 1. The summed E-state index contributed by atoms with van der Waals surface area (Å²) in [7, 11) is 0. The van der Waals surface area contributed by atoms with Gasteiger partial charge in [-0.25, -0.2) is 0 Å². The van der Waals surface area contributed by atoms with Crippen molar-refractivity contribution in [2.75, 3.05) is 32.8 Å². The zero-order valence-corrected chi connectivity index (χ0v) is 27.6. The minimum Gasteiger partial charge on any atom is -0.508 e. The number of amides is 2. The van der Waals surface area contributed by atoms with Crippen molar-refractivity contribution in [2.24, 2.45) is 17.8 Å². The lowest BCUT2D eigenvalue weighted by atomic mass is 10.1. The van der Waals surface area contributed by atoms with Crippen LogP contribution in [0.1, 0.15) is 65.5 Å². The quantitative estimate of drug-likeness (QED) is 0.151. The molecular formula is C35H55N3O6. The molecule has 9 nitrogen and oxygen atoms in total. The smallest absolute Gasteiger partial charge is 0.225 e. The second-order valence-corrected chi connectivity index (χ2v) is 11.2. The van der Waals surface area contributed by atoms with Gasteiger partial charge in [-0.15, -0.1) is 0 Å². The Morgan fingerprint density at radius 1 is 1.05 bits per heavy atom. The van der Waals surface area contributed by atoms with Gasteiger partial charge in [-0.1, -0.05) is 75.7 Å². The molecule has 0 bridgehead atoms. The number of para-hydroxylation sites is 1. The summed E-state index contributed by atoms with van der Waals surface area (Å²) in [5.74, 6) is 2.31. The van der Waals surface area contributed by atoms with E-state index in [9.17, 15) is 14.4 Å². The average molecular weight is 614 g/mol. The molecule has 2 aromatic carbocycles. The molecule has 9 heteroatoms. The van der Waals surface area contributed by atoms with Crippen molar-refractivity contribution in [2.45, 2.75) is 67.3 Å². The van der Waals surface area contributed by atoms with E-state index in [1.165, 1.54) is 5.56 Å². The molecule has 1 aliphatic carbocycles. The normalized spacial score (nSPS) is 13.1. The van der Waals surface area contributed by atoms with Crippen LogP contribution in [0.3, 0.4) is 0 Å². The van der Waals surface area contributed by atoms with E-state index in [0.717, 1.165) is 30.1 Å². The van der Waals surface area contributed by atoms with Crippen LogP contribution in [-0.2, 0) is 14.4 Å². The zero-order chi connectivity index (χ0) is 33.3. The van der Waals surface area contributed by atoms with Crippen LogP contribution in [0.15, 0.2) is 54.6 Å². The molecule has 2 aromatic rings. The molecule has 0 spiro atoms. The van der Waals surface area contributed by atoms with Crippen LogP contribution in [0.5, 0.6) is 11.5 Å². The summed E-state index contributed by atoms with van der Waals surface area (Å²) in [6.07, 6.45) is 6.74. The van der Waals surface area contributed by atoms with Gasteiger partial charge in [0, 0.05) is 25.2 Å². The van der Waals surface area contributed by atoms with Gasteiger partial charge >= 0.3 is 0 Å². The number of carbonyl (C=O) groups excluding carboxylic acids is 3. The van der Waals surface area contributed by atoms with Crippen molar-refractivity contribution < 1.29 is 29.3 Å². The largest absolute Gasteiger partial charge is 0.508 e. The average Bonchev–Trinajstić information content (AvgIpc) is 3.82. The van der Waals surface area contributed by atoms with Gasteiger partial charge in [-0.3, -0.25) is 14.4 Å². The van der Waals surface area contributed by atoms with Gasteiger partial charge in [0.05, 0.1) is 18.6 Å². The number of aliphatic hydroxyl groups excluding tert-OH is 1. The second kappa shape index (κ2) is 24.7. The van der Waals surface area contributed by atoms with Crippen molar-refractivity contribution in [1.82, 2.24) is 16.0 Å². The van der Waals surface area contributed by atoms with E-state index in [4.69, 9.17) is 14.9 Å². The molecule has 0 aliphatic heterocycles. The molecule has 1 saturated carbocycles. The number of Topliss-reactive ketones (excluding diaryl/α,β-unsaturated/α-hetero) is 1. The minimum absolute atomic E-state index is 0.0249. The van der Waals surface area contributed by atoms with Crippen molar-refractivity contribution in [3.05, 3.63) is 65.7 Å². The summed E-state index contributed by atoms with van der Waals surface area (Å²) < 4.78 is 5.81. The highest BCUT2D eigenvalue weighted by Gasteiger charge is 2.33. The van der Waals surface area contributed by atoms with Crippen LogP contribution in [0.2, 0.25) is 0 Å². The Hall–Kier alpha value is -3.69. The van der Waals surface area contributed by atoms with Crippen molar-refractivity contribution >= 4 is 24.2 Å². The lowest BCUT2D eigenvalue weighted by Gasteiger charge is -2.15. The molecule has 3 rings (SSSR count). The van der Waals surface area contributed by atoms with E-state index >= 15 is 0 Å². The van der Waals surface area contributed by atoms with E-state index in [-0.39, 0.29) is 30.3 Å². The highest BCUT2D eigenvalue weighted by molar-refractivity contribution is 5.82.